The molecule has 1 aliphatic carbocycles. The number of nitrogens with zero attached hydrogens (tertiary/aromatic N) is 1. The van der Waals surface area contributed by atoms with Crippen LogP contribution in [0.25, 0.3) is 0 Å². The molecule has 0 radical (unpaired) electrons. The van der Waals surface area contributed by atoms with Crippen molar-refractivity contribution >= 4 is 5.97 Å². The minimum Gasteiger partial charge on any atom is -0.469 e. The molecule has 1 saturated carbocycles. The van der Waals surface area contributed by atoms with E-state index < -0.39 is 0 Å². The van der Waals surface area contributed by atoms with Crippen LogP contribution < -0.4 is 5.32 Å². The molecule has 4 heteroatoms. The first-order valence-corrected chi connectivity index (χ1v) is 5.64. The second-order valence-corrected chi connectivity index (χ2v) is 4.34. The third kappa shape index (κ3) is 4.62. The van der Waals surface area contributed by atoms with Gasteiger partial charge < -0.3 is 15.0 Å². The molecule has 0 amide bonds. The van der Waals surface area contributed by atoms with Gasteiger partial charge in [-0.15, -0.1) is 0 Å². The van der Waals surface area contributed by atoms with E-state index in [1.807, 2.05) is 6.92 Å². The van der Waals surface area contributed by atoms with Crippen molar-refractivity contribution in [2.75, 3.05) is 33.8 Å². The lowest BCUT2D eigenvalue weighted by Gasteiger charge is -2.16. The second kappa shape index (κ2) is 6.08. The van der Waals surface area contributed by atoms with Crippen molar-refractivity contribution in [2.45, 2.75) is 25.8 Å². The molecule has 0 bridgehead atoms. The van der Waals surface area contributed by atoms with Crippen molar-refractivity contribution in [3.8, 4) is 0 Å². The smallest absolute Gasteiger partial charge is 0.309 e. The van der Waals surface area contributed by atoms with Crippen LogP contribution in [0.2, 0.25) is 0 Å². The van der Waals surface area contributed by atoms with E-state index in [2.05, 4.69) is 22.0 Å². The third-order valence-corrected chi connectivity index (χ3v) is 2.87. The van der Waals surface area contributed by atoms with E-state index in [-0.39, 0.29) is 11.9 Å². The van der Waals surface area contributed by atoms with Gasteiger partial charge in [-0.2, -0.15) is 0 Å². The first-order valence-electron chi connectivity index (χ1n) is 5.64. The van der Waals surface area contributed by atoms with Gasteiger partial charge in [-0.05, 0) is 19.9 Å². The summed E-state index contributed by atoms with van der Waals surface area (Å²) in [7, 11) is 3.59. The summed E-state index contributed by atoms with van der Waals surface area (Å²) in [4.78, 5) is 13.5. The highest BCUT2D eigenvalue weighted by molar-refractivity contribution is 5.71. The quantitative estimate of drug-likeness (QED) is 0.494. The molecule has 1 N–H and O–H groups in total. The predicted octanol–water partition coefficient (Wildman–Crippen LogP) is 0.479. The molecule has 0 heterocycles. The van der Waals surface area contributed by atoms with E-state index in [1.165, 1.54) is 20.0 Å². The maximum absolute atomic E-state index is 11.1. The molecule has 1 aliphatic rings. The van der Waals surface area contributed by atoms with Crippen molar-refractivity contribution in [3.63, 3.8) is 0 Å². The Labute approximate surface area is 92.0 Å². The first kappa shape index (κ1) is 12.5. The molecule has 1 unspecified atom stereocenters. The standard InChI is InChI=1S/C11H22N2O2/c1-9(11(14)15-3)8-12-6-7-13(2)10-4-5-10/h9-10,12H,4-8H2,1-3H3. The zero-order chi connectivity index (χ0) is 11.3. The van der Waals surface area contributed by atoms with Gasteiger partial charge in [0, 0.05) is 25.7 Å². The van der Waals surface area contributed by atoms with E-state index in [0.29, 0.717) is 6.54 Å². The topological polar surface area (TPSA) is 41.6 Å². The summed E-state index contributed by atoms with van der Waals surface area (Å²) < 4.78 is 4.65. The SMILES string of the molecule is COC(=O)C(C)CNCCN(C)C1CC1. The Balaban J connectivity index is 1.98. The van der Waals surface area contributed by atoms with Gasteiger partial charge in [-0.3, -0.25) is 4.79 Å². The summed E-state index contributed by atoms with van der Waals surface area (Å²) in [6, 6.07) is 0.810. The fourth-order valence-corrected chi connectivity index (χ4v) is 1.56. The summed E-state index contributed by atoms with van der Waals surface area (Å²) in [5.41, 5.74) is 0. The largest absolute Gasteiger partial charge is 0.469 e. The molecule has 0 aromatic heterocycles. The Kier molecular flexibility index (Phi) is 5.05. The van der Waals surface area contributed by atoms with E-state index >= 15 is 0 Å². The number of likely N-dealkylation sites (N-methyl/N-ethyl adjacent to an activating group) is 1. The molecule has 0 saturated heterocycles. The lowest BCUT2D eigenvalue weighted by Crippen LogP contribution is -2.34. The predicted molar refractivity (Wildman–Crippen MR) is 59.7 cm³/mol. The molecule has 1 atom stereocenters. The Bertz CT molecular complexity index is 205. The minimum absolute atomic E-state index is 0.0544. The Morgan fingerprint density at radius 1 is 1.60 bits per heavy atom. The summed E-state index contributed by atoms with van der Waals surface area (Å²) in [6.07, 6.45) is 2.68. The molecule has 4 nitrogen and oxygen atoms in total. The maximum atomic E-state index is 11.1. The summed E-state index contributed by atoms with van der Waals surface area (Å²) in [5, 5.41) is 3.27. The van der Waals surface area contributed by atoms with Crippen molar-refractivity contribution in [1.29, 1.82) is 0 Å². The van der Waals surface area contributed by atoms with Gasteiger partial charge >= 0.3 is 5.97 Å². The third-order valence-electron chi connectivity index (χ3n) is 2.87. The average molecular weight is 214 g/mol. The molecule has 0 aromatic rings. The molecule has 15 heavy (non-hydrogen) atoms. The first-order chi connectivity index (χ1) is 7.15. The fraction of sp³-hybridized carbons (Fsp3) is 0.909. The van der Waals surface area contributed by atoms with E-state index in [0.717, 1.165) is 19.1 Å². The van der Waals surface area contributed by atoms with Crippen LogP contribution in [0.3, 0.4) is 0 Å². The highest BCUT2D eigenvalue weighted by Gasteiger charge is 2.25. The highest BCUT2D eigenvalue weighted by atomic mass is 16.5. The molecular weight excluding hydrogens is 192 g/mol. The highest BCUT2D eigenvalue weighted by Crippen LogP contribution is 2.24. The van der Waals surface area contributed by atoms with E-state index in [1.54, 1.807) is 0 Å². The molecule has 0 spiro atoms. The number of carbonyl (C=O) groups is 1. The van der Waals surface area contributed by atoms with Gasteiger partial charge in [-0.25, -0.2) is 0 Å². The number of hydrogen-bond donors (Lipinski definition) is 1. The van der Waals surface area contributed by atoms with Gasteiger partial charge in [-0.1, -0.05) is 6.92 Å². The molecule has 88 valence electrons. The van der Waals surface area contributed by atoms with Gasteiger partial charge in [0.05, 0.1) is 13.0 Å². The number of nitrogens with one attached hydrogen (secondary N) is 1. The van der Waals surface area contributed by atoms with E-state index in [9.17, 15) is 4.79 Å². The summed E-state index contributed by atoms with van der Waals surface area (Å²) in [6.45, 7) is 4.57. The van der Waals surface area contributed by atoms with Crippen LogP contribution in [0.4, 0.5) is 0 Å². The van der Waals surface area contributed by atoms with Crippen LogP contribution in [0.5, 0.6) is 0 Å². The lowest BCUT2D eigenvalue weighted by molar-refractivity contribution is -0.144. The zero-order valence-electron chi connectivity index (χ0n) is 9.95. The Morgan fingerprint density at radius 3 is 2.80 bits per heavy atom. The Morgan fingerprint density at radius 2 is 2.27 bits per heavy atom. The average Bonchev–Trinajstić information content (AvgIpc) is 3.06. The van der Waals surface area contributed by atoms with Crippen molar-refractivity contribution in [3.05, 3.63) is 0 Å². The normalized spacial score (nSPS) is 17.9. The van der Waals surface area contributed by atoms with Crippen LogP contribution in [-0.2, 0) is 9.53 Å². The van der Waals surface area contributed by atoms with Crippen LogP contribution in [0.1, 0.15) is 19.8 Å². The number of rotatable bonds is 7. The van der Waals surface area contributed by atoms with Gasteiger partial charge in [0.25, 0.3) is 0 Å². The second-order valence-electron chi connectivity index (χ2n) is 4.34. The van der Waals surface area contributed by atoms with Gasteiger partial charge in [0.15, 0.2) is 0 Å². The van der Waals surface area contributed by atoms with Crippen LogP contribution >= 0.6 is 0 Å². The maximum Gasteiger partial charge on any atom is 0.309 e. The Hall–Kier alpha value is -0.610. The number of ether oxygens (including phenoxy) is 1. The summed E-state index contributed by atoms with van der Waals surface area (Å²) in [5.74, 6) is -0.195. The van der Waals surface area contributed by atoms with Crippen molar-refractivity contribution in [2.24, 2.45) is 5.92 Å². The summed E-state index contributed by atoms with van der Waals surface area (Å²) >= 11 is 0. The number of hydrogen-bond acceptors (Lipinski definition) is 4. The fourth-order valence-electron chi connectivity index (χ4n) is 1.56. The lowest BCUT2D eigenvalue weighted by atomic mass is 10.2. The zero-order valence-corrected chi connectivity index (χ0v) is 9.95. The van der Waals surface area contributed by atoms with Crippen molar-refractivity contribution < 1.29 is 9.53 Å². The molecule has 1 rings (SSSR count). The number of esters is 1. The van der Waals surface area contributed by atoms with E-state index in [4.69, 9.17) is 0 Å². The molecule has 0 aliphatic heterocycles. The van der Waals surface area contributed by atoms with Crippen LogP contribution in [0.15, 0.2) is 0 Å². The van der Waals surface area contributed by atoms with Gasteiger partial charge in [0.1, 0.15) is 0 Å². The number of carbonyl (C=O) groups excluding carboxylic acids is 1. The monoisotopic (exact) mass is 214 g/mol. The molecular formula is C11H22N2O2. The molecule has 0 aromatic carbocycles. The molecule has 1 fully saturated rings. The van der Waals surface area contributed by atoms with Crippen molar-refractivity contribution in [1.82, 2.24) is 10.2 Å². The van der Waals surface area contributed by atoms with Crippen LogP contribution in [0, 0.1) is 5.92 Å². The number of methoxy groups -OCH3 is 1. The minimum atomic E-state index is -0.141. The van der Waals surface area contributed by atoms with Gasteiger partial charge in [0.2, 0.25) is 0 Å². The van der Waals surface area contributed by atoms with Crippen LogP contribution in [-0.4, -0.2) is 50.7 Å².